The van der Waals surface area contributed by atoms with Gasteiger partial charge in [-0.1, -0.05) is 6.92 Å². The molecule has 0 unspecified atom stereocenters. The van der Waals surface area contributed by atoms with E-state index in [0.717, 1.165) is 6.08 Å². The highest BCUT2D eigenvalue weighted by Crippen LogP contribution is 2.41. The van der Waals surface area contributed by atoms with E-state index >= 15 is 0 Å². The number of esters is 3. The summed E-state index contributed by atoms with van der Waals surface area (Å²) in [6.45, 7) is 5.43. The number of carbonyl (C=O) groups excluding carboxylic acids is 4. The molecule has 3 aliphatic rings. The van der Waals surface area contributed by atoms with E-state index in [0.29, 0.717) is 11.3 Å². The first-order valence-electron chi connectivity index (χ1n) is 9.79. The van der Waals surface area contributed by atoms with Crippen molar-refractivity contribution in [2.45, 2.75) is 45.8 Å². The first-order chi connectivity index (χ1) is 14.5. The molecular weight excluding hydrogens is 408 g/mol. The summed E-state index contributed by atoms with van der Waals surface area (Å²) in [7, 11) is 0. The molecule has 0 radical (unpaired) electrons. The van der Waals surface area contributed by atoms with Gasteiger partial charge >= 0.3 is 17.9 Å². The van der Waals surface area contributed by atoms with Gasteiger partial charge in [-0.15, -0.1) is 0 Å². The van der Waals surface area contributed by atoms with E-state index in [9.17, 15) is 19.2 Å². The Morgan fingerprint density at radius 1 is 1.32 bits per heavy atom. The Labute approximate surface area is 179 Å². The van der Waals surface area contributed by atoms with Gasteiger partial charge in [-0.05, 0) is 25.8 Å². The van der Waals surface area contributed by atoms with Gasteiger partial charge in [0, 0.05) is 36.6 Å². The number of hydrogen-bond acceptors (Lipinski definition) is 9. The van der Waals surface area contributed by atoms with Gasteiger partial charge < -0.3 is 24.1 Å². The van der Waals surface area contributed by atoms with Crippen LogP contribution in [-0.4, -0.2) is 53.7 Å². The van der Waals surface area contributed by atoms with Crippen molar-refractivity contribution in [3.05, 3.63) is 46.5 Å². The minimum atomic E-state index is -1.38. The number of carbonyl (C=O) groups is 4. The van der Waals surface area contributed by atoms with Gasteiger partial charge in [-0.3, -0.25) is 9.59 Å². The van der Waals surface area contributed by atoms with Crippen LogP contribution in [0.2, 0.25) is 0 Å². The van der Waals surface area contributed by atoms with Crippen LogP contribution in [0.5, 0.6) is 0 Å². The molecule has 3 atom stereocenters. The number of aliphatic hydroxyl groups is 1. The number of allylic oxidation sites excluding steroid dienone is 1. The summed E-state index contributed by atoms with van der Waals surface area (Å²) in [5.41, 5.74) is -0.731. The van der Waals surface area contributed by atoms with Gasteiger partial charge in [-0.25, -0.2) is 9.59 Å². The van der Waals surface area contributed by atoms with Crippen LogP contribution in [0.1, 0.15) is 34.1 Å². The topological polar surface area (TPSA) is 125 Å². The zero-order valence-electron chi connectivity index (χ0n) is 17.7. The molecule has 9 heteroatoms. The summed E-state index contributed by atoms with van der Waals surface area (Å²) in [6, 6.07) is 0. The SMILES string of the molecule is CC(=O)OCC1=C2/C(=C\[C@]3(C)OC(=CC3=O)[C@@H](C)C[C@@H]2OC(=O)/C=C(\C)CO)OC1=O. The fourth-order valence-corrected chi connectivity index (χ4v) is 3.52. The molecule has 0 saturated carbocycles. The predicted octanol–water partition coefficient (Wildman–Crippen LogP) is 1.42. The second-order valence-corrected chi connectivity index (χ2v) is 7.90. The smallest absolute Gasteiger partial charge is 0.343 e. The second kappa shape index (κ2) is 8.50. The molecule has 3 rings (SSSR count). The van der Waals surface area contributed by atoms with Gasteiger partial charge in [-0.2, -0.15) is 0 Å². The average Bonchev–Trinajstić information content (AvgIpc) is 3.15. The molecule has 31 heavy (non-hydrogen) atoms. The molecule has 9 nitrogen and oxygen atoms in total. The molecule has 1 N–H and O–H groups in total. The van der Waals surface area contributed by atoms with Crippen LogP contribution in [-0.2, 0) is 38.1 Å². The molecule has 0 aromatic heterocycles. The lowest BCUT2D eigenvalue weighted by Gasteiger charge is -2.23. The van der Waals surface area contributed by atoms with Crippen LogP contribution < -0.4 is 0 Å². The van der Waals surface area contributed by atoms with Gasteiger partial charge in [0.05, 0.1) is 12.2 Å². The van der Waals surface area contributed by atoms with Crippen LogP contribution in [0.15, 0.2) is 46.5 Å². The second-order valence-electron chi connectivity index (χ2n) is 7.90. The highest BCUT2D eigenvalue weighted by Gasteiger charge is 2.46. The maximum absolute atomic E-state index is 12.6. The fourth-order valence-electron chi connectivity index (χ4n) is 3.52. The quantitative estimate of drug-likeness (QED) is 0.390. The normalized spacial score (nSPS) is 29.5. The van der Waals surface area contributed by atoms with Crippen molar-refractivity contribution in [1.82, 2.24) is 0 Å². The van der Waals surface area contributed by atoms with Crippen molar-refractivity contribution in [3.63, 3.8) is 0 Å². The minimum Gasteiger partial charge on any atom is -0.479 e. The Balaban J connectivity index is 2.10. The Morgan fingerprint density at radius 3 is 2.68 bits per heavy atom. The molecule has 0 saturated heterocycles. The van der Waals surface area contributed by atoms with Crippen molar-refractivity contribution >= 4 is 23.7 Å². The monoisotopic (exact) mass is 432 g/mol. The lowest BCUT2D eigenvalue weighted by Crippen LogP contribution is -2.31. The molecule has 0 amide bonds. The third-order valence-electron chi connectivity index (χ3n) is 5.21. The van der Waals surface area contributed by atoms with Gasteiger partial charge in [0.25, 0.3) is 0 Å². The Bertz CT molecular complexity index is 965. The molecular formula is C22H24O9. The lowest BCUT2D eigenvalue weighted by molar-refractivity contribution is -0.143. The van der Waals surface area contributed by atoms with Crippen LogP contribution in [0.4, 0.5) is 0 Å². The molecule has 0 spiro atoms. The van der Waals surface area contributed by atoms with Crippen molar-refractivity contribution in [1.29, 1.82) is 0 Å². The van der Waals surface area contributed by atoms with E-state index in [4.69, 9.17) is 24.1 Å². The third-order valence-corrected chi connectivity index (χ3v) is 5.21. The molecule has 0 aromatic rings. The summed E-state index contributed by atoms with van der Waals surface area (Å²) in [5.74, 6) is -2.27. The summed E-state index contributed by atoms with van der Waals surface area (Å²) < 4.78 is 21.9. The van der Waals surface area contributed by atoms with Crippen molar-refractivity contribution in [2.75, 3.05) is 13.2 Å². The highest BCUT2D eigenvalue weighted by molar-refractivity contribution is 6.02. The van der Waals surface area contributed by atoms with E-state index in [2.05, 4.69) is 0 Å². The summed E-state index contributed by atoms with van der Waals surface area (Å²) in [5, 5.41) is 9.16. The number of ketones is 1. The van der Waals surface area contributed by atoms with Crippen molar-refractivity contribution in [2.24, 2.45) is 5.92 Å². The molecule has 3 aliphatic heterocycles. The van der Waals surface area contributed by atoms with E-state index in [1.54, 1.807) is 20.8 Å². The van der Waals surface area contributed by atoms with Crippen LogP contribution in [0.3, 0.4) is 0 Å². The molecule has 166 valence electrons. The van der Waals surface area contributed by atoms with Crippen molar-refractivity contribution < 1.29 is 43.2 Å². The van der Waals surface area contributed by atoms with Gasteiger partial charge in [0.1, 0.15) is 24.2 Å². The lowest BCUT2D eigenvalue weighted by atomic mass is 9.90. The first-order valence-corrected chi connectivity index (χ1v) is 9.79. The third kappa shape index (κ3) is 4.61. The largest absolute Gasteiger partial charge is 0.479 e. The first kappa shape index (κ1) is 22.5. The van der Waals surface area contributed by atoms with E-state index in [1.807, 2.05) is 0 Å². The minimum absolute atomic E-state index is 0.0208. The van der Waals surface area contributed by atoms with E-state index < -0.39 is 29.6 Å². The molecule has 0 aromatic carbocycles. The summed E-state index contributed by atoms with van der Waals surface area (Å²) in [6.07, 6.45) is 3.15. The standard InChI is InChI=1S/C22H24O9/c1-11(9-23)5-19(26)29-16-6-12(2)15-7-18(25)22(4,31-15)8-17-20(16)14(21(27)30-17)10-28-13(3)24/h5,7-8,12,16,23H,6,9-10H2,1-4H3/b11-5+,17-8+/t12-,16-,22-/m0/s1. The average molecular weight is 432 g/mol. The molecule has 2 bridgehead atoms. The maximum atomic E-state index is 12.6. The zero-order chi connectivity index (χ0) is 22.9. The number of aliphatic hydroxyl groups excluding tert-OH is 1. The number of rotatable bonds is 5. The van der Waals surface area contributed by atoms with Gasteiger partial charge in [0.2, 0.25) is 5.78 Å². The van der Waals surface area contributed by atoms with Gasteiger partial charge in [0.15, 0.2) is 5.60 Å². The van der Waals surface area contributed by atoms with Crippen LogP contribution >= 0.6 is 0 Å². The predicted molar refractivity (Wildman–Crippen MR) is 105 cm³/mol. The molecule has 3 heterocycles. The van der Waals surface area contributed by atoms with E-state index in [-0.39, 0.29) is 48.2 Å². The Hall–Kier alpha value is -3.20. The zero-order valence-corrected chi connectivity index (χ0v) is 17.7. The van der Waals surface area contributed by atoms with Crippen LogP contribution in [0, 0.1) is 5.92 Å². The Morgan fingerprint density at radius 2 is 2.03 bits per heavy atom. The van der Waals surface area contributed by atoms with E-state index in [1.165, 1.54) is 19.1 Å². The number of ether oxygens (including phenoxy) is 4. The number of fused-ring (bicyclic) bond motifs is 3. The number of hydrogen-bond donors (Lipinski definition) is 1. The Kier molecular flexibility index (Phi) is 6.17. The summed E-state index contributed by atoms with van der Waals surface area (Å²) in [4.78, 5) is 48.8. The molecule has 0 fully saturated rings. The maximum Gasteiger partial charge on any atom is 0.343 e. The fraction of sp³-hybridized carbons (Fsp3) is 0.455. The highest BCUT2D eigenvalue weighted by atomic mass is 16.6. The van der Waals surface area contributed by atoms with Crippen molar-refractivity contribution in [3.8, 4) is 0 Å². The molecule has 0 aliphatic carbocycles. The van der Waals surface area contributed by atoms with Crippen LogP contribution in [0.25, 0.3) is 0 Å². The summed E-state index contributed by atoms with van der Waals surface area (Å²) >= 11 is 0.